The number of carboxylic acids is 1. The van der Waals surface area contributed by atoms with Gasteiger partial charge in [0.15, 0.2) is 0 Å². The van der Waals surface area contributed by atoms with Crippen LogP contribution in [0.3, 0.4) is 0 Å². The Kier molecular flexibility index (Phi) is 5.47. The lowest BCUT2D eigenvalue weighted by Crippen LogP contribution is -2.32. The molecule has 0 aliphatic carbocycles. The molecule has 114 valence electrons. The van der Waals surface area contributed by atoms with Gasteiger partial charge in [-0.15, -0.1) is 0 Å². The molecule has 0 radical (unpaired) electrons. The number of aromatic carboxylic acids is 1. The number of hydrogen-bond donors (Lipinski definition) is 1. The highest BCUT2D eigenvalue weighted by atomic mass is 32.2. The number of nitrogens with zero attached hydrogens (tertiary/aromatic N) is 2. The second-order valence-electron chi connectivity index (χ2n) is 4.64. The van der Waals surface area contributed by atoms with E-state index in [0.29, 0.717) is 11.1 Å². The molecule has 21 heavy (non-hydrogen) atoms. The summed E-state index contributed by atoms with van der Waals surface area (Å²) in [6.45, 7) is 5.24. The topological polar surface area (TPSA) is 98.5 Å². The number of nitriles is 1. The van der Waals surface area contributed by atoms with Gasteiger partial charge < -0.3 is 5.11 Å². The SMILES string of the molecule is CCN(CCC#N)S(=O)(=O)c1cc(C(=O)O)c(C)cc1C. The number of rotatable bonds is 6. The number of aryl methyl sites for hydroxylation is 2. The van der Waals surface area contributed by atoms with Crippen molar-refractivity contribution < 1.29 is 18.3 Å². The average Bonchev–Trinajstić information content (AvgIpc) is 2.38. The summed E-state index contributed by atoms with van der Waals surface area (Å²) in [4.78, 5) is 11.1. The minimum absolute atomic E-state index is 0.0229. The zero-order valence-electron chi connectivity index (χ0n) is 12.3. The maximum atomic E-state index is 12.6. The van der Waals surface area contributed by atoms with Crippen LogP contribution in [0.2, 0.25) is 0 Å². The van der Waals surface area contributed by atoms with E-state index in [0.717, 1.165) is 0 Å². The molecule has 0 saturated heterocycles. The molecule has 1 aromatic carbocycles. The zero-order valence-corrected chi connectivity index (χ0v) is 13.1. The van der Waals surface area contributed by atoms with Crippen molar-refractivity contribution in [3.05, 3.63) is 28.8 Å². The van der Waals surface area contributed by atoms with Gasteiger partial charge in [-0.05, 0) is 31.0 Å². The Hall–Kier alpha value is -1.91. The first-order valence-electron chi connectivity index (χ1n) is 6.47. The Bertz CT molecular complexity index is 690. The van der Waals surface area contributed by atoms with Gasteiger partial charge in [0, 0.05) is 19.5 Å². The van der Waals surface area contributed by atoms with Gasteiger partial charge in [0.1, 0.15) is 0 Å². The van der Waals surface area contributed by atoms with Crippen molar-refractivity contribution in [3.63, 3.8) is 0 Å². The summed E-state index contributed by atoms with van der Waals surface area (Å²) in [6, 6.07) is 4.65. The summed E-state index contributed by atoms with van der Waals surface area (Å²) < 4.78 is 26.4. The molecule has 0 atom stereocenters. The van der Waals surface area contributed by atoms with Crippen LogP contribution >= 0.6 is 0 Å². The number of hydrogen-bond acceptors (Lipinski definition) is 4. The molecule has 6 nitrogen and oxygen atoms in total. The third-order valence-electron chi connectivity index (χ3n) is 3.20. The van der Waals surface area contributed by atoms with E-state index in [9.17, 15) is 13.2 Å². The summed E-state index contributed by atoms with van der Waals surface area (Å²) in [7, 11) is -3.81. The van der Waals surface area contributed by atoms with Crippen LogP contribution in [-0.4, -0.2) is 36.9 Å². The second-order valence-corrected chi connectivity index (χ2v) is 6.55. The Balaban J connectivity index is 3.40. The minimum atomic E-state index is -3.81. The van der Waals surface area contributed by atoms with Crippen molar-refractivity contribution in [1.29, 1.82) is 5.26 Å². The van der Waals surface area contributed by atoms with E-state index in [1.807, 2.05) is 6.07 Å². The maximum Gasteiger partial charge on any atom is 0.335 e. The standard InChI is InChI=1S/C14H18N2O4S/c1-4-16(7-5-6-15)21(19,20)13-9-12(14(17)18)10(2)8-11(13)3/h8-9H,4-5,7H2,1-3H3,(H,17,18). The first-order valence-corrected chi connectivity index (χ1v) is 7.91. The van der Waals surface area contributed by atoms with Crippen molar-refractivity contribution in [2.45, 2.75) is 32.1 Å². The number of benzene rings is 1. The first-order chi connectivity index (χ1) is 9.75. The van der Waals surface area contributed by atoms with Crippen LogP contribution in [0.5, 0.6) is 0 Å². The molecular weight excluding hydrogens is 292 g/mol. The summed E-state index contributed by atoms with van der Waals surface area (Å²) in [5.41, 5.74) is 0.974. The quantitative estimate of drug-likeness (QED) is 0.865. The summed E-state index contributed by atoms with van der Waals surface area (Å²) >= 11 is 0. The Labute approximate surface area is 124 Å². The van der Waals surface area contributed by atoms with Gasteiger partial charge >= 0.3 is 5.97 Å². The van der Waals surface area contributed by atoms with E-state index in [1.54, 1.807) is 26.8 Å². The highest BCUT2D eigenvalue weighted by Gasteiger charge is 2.26. The zero-order chi connectivity index (χ0) is 16.2. The summed E-state index contributed by atoms with van der Waals surface area (Å²) in [6.07, 6.45) is 0.0871. The third kappa shape index (κ3) is 3.60. The predicted octanol–water partition coefficient (Wildman–Crippen LogP) is 1.93. The Morgan fingerprint density at radius 2 is 1.95 bits per heavy atom. The van der Waals surface area contributed by atoms with E-state index in [1.165, 1.54) is 10.4 Å². The molecule has 7 heteroatoms. The molecule has 1 N–H and O–H groups in total. The lowest BCUT2D eigenvalue weighted by atomic mass is 10.1. The molecule has 1 aromatic rings. The second kappa shape index (κ2) is 6.70. The fourth-order valence-electron chi connectivity index (χ4n) is 2.10. The number of sulfonamides is 1. The van der Waals surface area contributed by atoms with Crippen LogP contribution in [0, 0.1) is 25.2 Å². The van der Waals surface area contributed by atoms with Gasteiger partial charge in [0.05, 0.1) is 16.5 Å². The molecule has 0 heterocycles. The Morgan fingerprint density at radius 1 is 1.33 bits per heavy atom. The van der Waals surface area contributed by atoms with Gasteiger partial charge in [0.25, 0.3) is 0 Å². The van der Waals surface area contributed by atoms with E-state index < -0.39 is 16.0 Å². The predicted molar refractivity (Wildman–Crippen MR) is 77.5 cm³/mol. The fourth-order valence-corrected chi connectivity index (χ4v) is 3.79. The highest BCUT2D eigenvalue weighted by Crippen LogP contribution is 2.24. The lowest BCUT2D eigenvalue weighted by molar-refractivity contribution is 0.0696. The molecular formula is C14H18N2O4S. The smallest absolute Gasteiger partial charge is 0.335 e. The van der Waals surface area contributed by atoms with E-state index in [-0.39, 0.29) is 30.0 Å². The molecule has 0 aliphatic rings. The van der Waals surface area contributed by atoms with Crippen molar-refractivity contribution in [1.82, 2.24) is 4.31 Å². The molecule has 0 saturated carbocycles. The largest absolute Gasteiger partial charge is 0.478 e. The normalized spacial score (nSPS) is 11.4. The average molecular weight is 310 g/mol. The lowest BCUT2D eigenvalue weighted by Gasteiger charge is -2.21. The van der Waals surface area contributed by atoms with Crippen molar-refractivity contribution in [2.24, 2.45) is 0 Å². The van der Waals surface area contributed by atoms with Gasteiger partial charge in [-0.25, -0.2) is 13.2 Å². The van der Waals surface area contributed by atoms with Gasteiger partial charge in [-0.3, -0.25) is 0 Å². The highest BCUT2D eigenvalue weighted by molar-refractivity contribution is 7.89. The van der Waals surface area contributed by atoms with Crippen LogP contribution < -0.4 is 0 Å². The van der Waals surface area contributed by atoms with Gasteiger partial charge in [-0.1, -0.05) is 13.0 Å². The van der Waals surface area contributed by atoms with Crippen LogP contribution in [0.1, 0.15) is 34.8 Å². The molecule has 0 aromatic heterocycles. The molecule has 0 amide bonds. The van der Waals surface area contributed by atoms with Crippen molar-refractivity contribution in [3.8, 4) is 6.07 Å². The van der Waals surface area contributed by atoms with Crippen molar-refractivity contribution >= 4 is 16.0 Å². The number of carboxylic acid groups (broad SMARTS) is 1. The molecule has 0 spiro atoms. The molecule has 1 rings (SSSR count). The monoisotopic (exact) mass is 310 g/mol. The summed E-state index contributed by atoms with van der Waals surface area (Å²) in [5, 5.41) is 17.7. The maximum absolute atomic E-state index is 12.6. The number of carbonyl (C=O) groups is 1. The van der Waals surface area contributed by atoms with E-state index in [2.05, 4.69) is 0 Å². The molecule has 0 aliphatic heterocycles. The van der Waals surface area contributed by atoms with E-state index in [4.69, 9.17) is 10.4 Å². The van der Waals surface area contributed by atoms with Gasteiger partial charge in [-0.2, -0.15) is 9.57 Å². The minimum Gasteiger partial charge on any atom is -0.478 e. The molecule has 0 unspecified atom stereocenters. The summed E-state index contributed by atoms with van der Waals surface area (Å²) in [5.74, 6) is -1.16. The van der Waals surface area contributed by atoms with Crippen LogP contribution in [0.4, 0.5) is 0 Å². The van der Waals surface area contributed by atoms with Crippen molar-refractivity contribution in [2.75, 3.05) is 13.1 Å². The third-order valence-corrected chi connectivity index (χ3v) is 5.31. The van der Waals surface area contributed by atoms with Crippen LogP contribution in [-0.2, 0) is 10.0 Å². The molecule has 0 fully saturated rings. The fraction of sp³-hybridized carbons (Fsp3) is 0.429. The Morgan fingerprint density at radius 3 is 2.43 bits per heavy atom. The van der Waals surface area contributed by atoms with Crippen LogP contribution in [0.25, 0.3) is 0 Å². The first kappa shape index (κ1) is 17.1. The van der Waals surface area contributed by atoms with E-state index >= 15 is 0 Å². The van der Waals surface area contributed by atoms with Gasteiger partial charge in [0.2, 0.25) is 10.0 Å². The van der Waals surface area contributed by atoms with Crippen LogP contribution in [0.15, 0.2) is 17.0 Å². The molecule has 0 bridgehead atoms.